The number of aryl methyl sites for hydroxylation is 1. The molecule has 0 aliphatic carbocycles. The zero-order chi connectivity index (χ0) is 16.4. The summed E-state index contributed by atoms with van der Waals surface area (Å²) in [5, 5.41) is 5.14. The van der Waals surface area contributed by atoms with Gasteiger partial charge in [-0.1, -0.05) is 36.0 Å². The zero-order valence-electron chi connectivity index (χ0n) is 13.0. The molecule has 4 nitrogen and oxygen atoms in total. The fourth-order valence-corrected chi connectivity index (χ4v) is 4.25. The monoisotopic (exact) mass is 350 g/mol. The molecule has 0 aliphatic rings. The standard InChI is InChI=1S/C18H14N4S2/c1-12-20-15-7-3-2-6-14(15)17(21-12)23-10-13-11-24-18(22-13)16-8-4-5-9-19-16/h2-9,11H,10H2,1H3. The van der Waals surface area contributed by atoms with Crippen LogP contribution >= 0.6 is 23.1 Å². The molecule has 6 heteroatoms. The van der Waals surface area contributed by atoms with Crippen LogP contribution in [0.4, 0.5) is 0 Å². The van der Waals surface area contributed by atoms with Gasteiger partial charge in [0.2, 0.25) is 0 Å². The Kier molecular flexibility index (Phi) is 4.23. The van der Waals surface area contributed by atoms with Crippen molar-refractivity contribution < 1.29 is 0 Å². The molecule has 3 aromatic heterocycles. The normalized spacial score (nSPS) is 11.0. The van der Waals surface area contributed by atoms with Gasteiger partial charge in [-0.05, 0) is 25.1 Å². The molecule has 0 saturated heterocycles. The quantitative estimate of drug-likeness (QED) is 0.393. The fourth-order valence-electron chi connectivity index (χ4n) is 2.39. The lowest BCUT2D eigenvalue weighted by atomic mass is 10.2. The number of para-hydroxylation sites is 1. The first-order chi connectivity index (χ1) is 11.8. The molecule has 118 valence electrons. The molecule has 3 heterocycles. The Morgan fingerprint density at radius 2 is 1.88 bits per heavy atom. The van der Waals surface area contributed by atoms with E-state index in [0.717, 1.165) is 43.9 Å². The lowest BCUT2D eigenvalue weighted by molar-refractivity contribution is 1.01. The second-order valence-electron chi connectivity index (χ2n) is 5.24. The Hall–Kier alpha value is -2.31. The highest BCUT2D eigenvalue weighted by Crippen LogP contribution is 2.29. The molecule has 1 aromatic carbocycles. The smallest absolute Gasteiger partial charge is 0.142 e. The number of benzene rings is 1. The summed E-state index contributed by atoms with van der Waals surface area (Å²) >= 11 is 3.32. The van der Waals surface area contributed by atoms with Crippen molar-refractivity contribution >= 4 is 34.0 Å². The first-order valence-electron chi connectivity index (χ1n) is 7.51. The second kappa shape index (κ2) is 6.67. The van der Waals surface area contributed by atoms with Gasteiger partial charge in [0.25, 0.3) is 0 Å². The van der Waals surface area contributed by atoms with E-state index >= 15 is 0 Å². The van der Waals surface area contributed by atoms with Gasteiger partial charge in [-0.25, -0.2) is 15.0 Å². The third-order valence-corrected chi connectivity index (χ3v) is 5.41. The second-order valence-corrected chi connectivity index (χ2v) is 7.06. The molecule has 0 radical (unpaired) electrons. The van der Waals surface area contributed by atoms with Crippen molar-refractivity contribution in [2.45, 2.75) is 17.7 Å². The van der Waals surface area contributed by atoms with Gasteiger partial charge >= 0.3 is 0 Å². The van der Waals surface area contributed by atoms with E-state index in [1.807, 2.05) is 43.3 Å². The van der Waals surface area contributed by atoms with E-state index in [1.54, 1.807) is 29.3 Å². The maximum absolute atomic E-state index is 4.69. The number of nitrogens with zero attached hydrogens (tertiary/aromatic N) is 4. The highest BCUT2D eigenvalue weighted by atomic mass is 32.2. The van der Waals surface area contributed by atoms with Crippen LogP contribution in [0, 0.1) is 6.92 Å². The Morgan fingerprint density at radius 1 is 1.00 bits per heavy atom. The number of rotatable bonds is 4. The van der Waals surface area contributed by atoms with Crippen molar-refractivity contribution in [2.75, 3.05) is 0 Å². The van der Waals surface area contributed by atoms with Gasteiger partial charge in [-0.15, -0.1) is 11.3 Å². The van der Waals surface area contributed by atoms with Crippen molar-refractivity contribution in [3.05, 3.63) is 65.6 Å². The molecular weight excluding hydrogens is 336 g/mol. The van der Waals surface area contributed by atoms with Crippen molar-refractivity contribution in [3.8, 4) is 10.7 Å². The highest BCUT2D eigenvalue weighted by Gasteiger charge is 2.09. The number of aromatic nitrogens is 4. The van der Waals surface area contributed by atoms with Gasteiger partial charge in [-0.2, -0.15) is 0 Å². The Labute approximate surface area is 148 Å². The summed E-state index contributed by atoms with van der Waals surface area (Å²) < 4.78 is 0. The van der Waals surface area contributed by atoms with Crippen LogP contribution in [0.25, 0.3) is 21.6 Å². The van der Waals surface area contributed by atoms with Gasteiger partial charge in [0, 0.05) is 22.7 Å². The van der Waals surface area contributed by atoms with E-state index in [1.165, 1.54) is 0 Å². The van der Waals surface area contributed by atoms with E-state index in [9.17, 15) is 0 Å². The van der Waals surface area contributed by atoms with Crippen LogP contribution in [0.2, 0.25) is 0 Å². The average Bonchev–Trinajstić information content (AvgIpc) is 3.09. The minimum Gasteiger partial charge on any atom is -0.254 e. The Balaban J connectivity index is 1.57. The third kappa shape index (κ3) is 3.16. The summed E-state index contributed by atoms with van der Waals surface area (Å²) in [6, 6.07) is 14.0. The lowest BCUT2D eigenvalue weighted by Crippen LogP contribution is -1.93. The summed E-state index contributed by atoms with van der Waals surface area (Å²) in [4.78, 5) is 18.1. The Morgan fingerprint density at radius 3 is 2.75 bits per heavy atom. The molecule has 4 aromatic rings. The van der Waals surface area contributed by atoms with E-state index < -0.39 is 0 Å². The molecule has 24 heavy (non-hydrogen) atoms. The maximum atomic E-state index is 4.69. The molecule has 0 bridgehead atoms. The maximum Gasteiger partial charge on any atom is 0.142 e. The van der Waals surface area contributed by atoms with Crippen molar-refractivity contribution in [2.24, 2.45) is 0 Å². The van der Waals surface area contributed by atoms with Crippen LogP contribution in [0.5, 0.6) is 0 Å². The van der Waals surface area contributed by atoms with Crippen LogP contribution in [-0.2, 0) is 5.75 Å². The van der Waals surface area contributed by atoms with Crippen LogP contribution in [0.15, 0.2) is 59.1 Å². The summed E-state index contributed by atoms with van der Waals surface area (Å²) in [7, 11) is 0. The Bertz CT molecular complexity index is 983. The van der Waals surface area contributed by atoms with Crippen LogP contribution in [0.3, 0.4) is 0 Å². The first kappa shape index (κ1) is 15.2. The van der Waals surface area contributed by atoms with Crippen LogP contribution in [-0.4, -0.2) is 19.9 Å². The van der Waals surface area contributed by atoms with Crippen molar-refractivity contribution in [1.82, 2.24) is 19.9 Å². The number of fused-ring (bicyclic) bond motifs is 1. The number of hydrogen-bond donors (Lipinski definition) is 0. The van der Waals surface area contributed by atoms with Crippen molar-refractivity contribution in [3.63, 3.8) is 0 Å². The molecule has 0 N–H and O–H groups in total. The van der Waals surface area contributed by atoms with E-state index in [4.69, 9.17) is 0 Å². The summed E-state index contributed by atoms with van der Waals surface area (Å²) in [5.74, 6) is 1.58. The van der Waals surface area contributed by atoms with Crippen LogP contribution in [0.1, 0.15) is 11.5 Å². The van der Waals surface area contributed by atoms with Gasteiger partial charge in [-0.3, -0.25) is 4.98 Å². The lowest BCUT2D eigenvalue weighted by Gasteiger charge is -2.05. The number of pyridine rings is 1. The predicted octanol–water partition coefficient (Wildman–Crippen LogP) is 4.75. The molecular formula is C18H14N4S2. The fraction of sp³-hybridized carbons (Fsp3) is 0.111. The third-order valence-electron chi connectivity index (χ3n) is 3.47. The van der Waals surface area contributed by atoms with E-state index in [-0.39, 0.29) is 0 Å². The number of thioether (sulfide) groups is 1. The van der Waals surface area contributed by atoms with E-state index in [2.05, 4.69) is 31.4 Å². The van der Waals surface area contributed by atoms with Gasteiger partial charge in [0.15, 0.2) is 0 Å². The van der Waals surface area contributed by atoms with Gasteiger partial charge < -0.3 is 0 Å². The minimum absolute atomic E-state index is 0.782. The molecule has 0 spiro atoms. The molecule has 0 fully saturated rings. The zero-order valence-corrected chi connectivity index (χ0v) is 14.6. The molecule has 0 amide bonds. The summed E-state index contributed by atoms with van der Waals surface area (Å²) in [6.07, 6.45) is 1.79. The van der Waals surface area contributed by atoms with Gasteiger partial charge in [0.05, 0.1) is 16.9 Å². The number of hydrogen-bond acceptors (Lipinski definition) is 6. The summed E-state index contributed by atoms with van der Waals surface area (Å²) in [5.41, 5.74) is 2.95. The highest BCUT2D eigenvalue weighted by molar-refractivity contribution is 7.98. The molecule has 0 saturated carbocycles. The minimum atomic E-state index is 0.782. The molecule has 0 unspecified atom stereocenters. The molecule has 0 aliphatic heterocycles. The number of thiazole rings is 1. The molecule has 4 rings (SSSR count). The summed E-state index contributed by atoms with van der Waals surface area (Å²) in [6.45, 7) is 1.93. The van der Waals surface area contributed by atoms with E-state index in [0.29, 0.717) is 0 Å². The topological polar surface area (TPSA) is 51.6 Å². The van der Waals surface area contributed by atoms with Crippen molar-refractivity contribution in [1.29, 1.82) is 0 Å². The average molecular weight is 350 g/mol. The van der Waals surface area contributed by atoms with Crippen LogP contribution < -0.4 is 0 Å². The predicted molar refractivity (Wildman–Crippen MR) is 99.2 cm³/mol. The SMILES string of the molecule is Cc1nc(SCc2csc(-c3ccccn3)n2)c2ccccc2n1. The largest absolute Gasteiger partial charge is 0.254 e. The first-order valence-corrected chi connectivity index (χ1v) is 9.38. The van der Waals surface area contributed by atoms with Gasteiger partial charge in [0.1, 0.15) is 15.9 Å². The molecule has 0 atom stereocenters.